The van der Waals surface area contributed by atoms with Crippen LogP contribution in [-0.2, 0) is 16.0 Å². The number of hydrogen-bond donors (Lipinski definition) is 1. The number of amides is 2. The molecule has 3 aliphatic heterocycles. The number of benzene rings is 1. The number of nitrogens with one attached hydrogen (secondary N) is 1. The van der Waals surface area contributed by atoms with E-state index >= 15 is 0 Å². The van der Waals surface area contributed by atoms with Crippen LogP contribution in [0.5, 0.6) is 0 Å². The number of fused-ring (bicyclic) bond motifs is 2. The molecule has 5 rings (SSSR count). The number of aryl methyl sites for hydroxylation is 1. The van der Waals surface area contributed by atoms with E-state index in [1.54, 1.807) is 4.90 Å². The summed E-state index contributed by atoms with van der Waals surface area (Å²) in [5, 5.41) is 4.43. The summed E-state index contributed by atoms with van der Waals surface area (Å²) in [7, 11) is 0. The Bertz CT molecular complexity index is 1280. The van der Waals surface area contributed by atoms with Crippen molar-refractivity contribution >= 4 is 61.0 Å². The molecule has 1 aliphatic carbocycles. The van der Waals surface area contributed by atoms with Crippen molar-refractivity contribution < 1.29 is 14.3 Å². The number of halogens is 3. The third kappa shape index (κ3) is 7.42. The lowest BCUT2D eigenvalue weighted by atomic mass is 9.78. The fraction of sp³-hybridized carbons (Fsp3) is 0.562. The molecule has 0 saturated carbocycles. The number of nitrogens with zero attached hydrogens (tertiary/aromatic N) is 2. The lowest BCUT2D eigenvalue weighted by Gasteiger charge is -2.37. The molecule has 3 heterocycles. The van der Waals surface area contributed by atoms with Crippen molar-refractivity contribution in [1.82, 2.24) is 15.1 Å². The standard InChI is InChI=1S/C32H40Br2ClN3O3/c1-32(2,3)41-31(40)38-11-7-20(8-12-38)15-27(39)37-13-9-21(10-14-37)29-28-22(17-25(35)18-26(28)34)5-4-6-23-16-24(33)19-36-30(23)29/h16-20,30,36H,4-15H2,1-3H3. The fourth-order valence-electron chi connectivity index (χ4n) is 6.51. The molecule has 1 aromatic rings. The zero-order chi connectivity index (χ0) is 29.3. The van der Waals surface area contributed by atoms with Crippen LogP contribution in [-0.4, -0.2) is 59.6 Å². The van der Waals surface area contributed by atoms with Crippen molar-refractivity contribution in [3.63, 3.8) is 0 Å². The molecular weight excluding hydrogens is 670 g/mol. The van der Waals surface area contributed by atoms with Crippen LogP contribution < -0.4 is 5.32 Å². The van der Waals surface area contributed by atoms with Gasteiger partial charge in [-0.2, -0.15) is 0 Å². The first-order chi connectivity index (χ1) is 19.5. The number of piperidine rings is 2. The Kier molecular flexibility index (Phi) is 9.61. The van der Waals surface area contributed by atoms with Gasteiger partial charge >= 0.3 is 6.09 Å². The molecule has 1 N–H and O–H groups in total. The van der Waals surface area contributed by atoms with Crippen LogP contribution >= 0.6 is 43.5 Å². The minimum Gasteiger partial charge on any atom is -0.444 e. The van der Waals surface area contributed by atoms with Gasteiger partial charge in [0, 0.05) is 52.8 Å². The van der Waals surface area contributed by atoms with E-state index in [0.717, 1.165) is 72.0 Å². The maximum Gasteiger partial charge on any atom is 0.410 e. The molecule has 9 heteroatoms. The van der Waals surface area contributed by atoms with Gasteiger partial charge in [0.05, 0.1) is 6.04 Å². The van der Waals surface area contributed by atoms with Crippen LogP contribution in [0.2, 0.25) is 5.02 Å². The smallest absolute Gasteiger partial charge is 0.410 e. The van der Waals surface area contributed by atoms with Crippen molar-refractivity contribution in [3.05, 3.63) is 60.7 Å². The third-order valence-electron chi connectivity index (χ3n) is 8.52. The number of carbonyl (C=O) groups excluding carboxylic acids is 2. The van der Waals surface area contributed by atoms with Gasteiger partial charge in [-0.15, -0.1) is 0 Å². The molecule has 4 aliphatic rings. The van der Waals surface area contributed by atoms with Gasteiger partial charge in [-0.05, 0) is 128 Å². The molecular formula is C32H40Br2ClN3O3. The molecule has 2 fully saturated rings. The molecule has 41 heavy (non-hydrogen) atoms. The predicted octanol–water partition coefficient (Wildman–Crippen LogP) is 7.99. The second-order valence-electron chi connectivity index (χ2n) is 12.6. The summed E-state index contributed by atoms with van der Waals surface area (Å²) in [6.45, 7) is 8.43. The average Bonchev–Trinajstić information content (AvgIpc) is 2.89. The van der Waals surface area contributed by atoms with E-state index in [9.17, 15) is 9.59 Å². The maximum absolute atomic E-state index is 13.4. The van der Waals surface area contributed by atoms with E-state index in [1.165, 1.54) is 27.8 Å². The summed E-state index contributed by atoms with van der Waals surface area (Å²) in [5.41, 5.74) is 6.21. The molecule has 1 aromatic carbocycles. The van der Waals surface area contributed by atoms with Crippen LogP contribution in [0.4, 0.5) is 4.79 Å². The van der Waals surface area contributed by atoms with Crippen molar-refractivity contribution in [2.75, 3.05) is 26.2 Å². The summed E-state index contributed by atoms with van der Waals surface area (Å²) in [6, 6.07) is 4.24. The van der Waals surface area contributed by atoms with Crippen molar-refractivity contribution in [1.29, 1.82) is 0 Å². The van der Waals surface area contributed by atoms with Crippen molar-refractivity contribution in [2.24, 2.45) is 5.92 Å². The lowest BCUT2D eigenvalue weighted by molar-refractivity contribution is -0.133. The second kappa shape index (κ2) is 12.8. The predicted molar refractivity (Wildman–Crippen MR) is 172 cm³/mol. The highest BCUT2D eigenvalue weighted by Crippen LogP contribution is 2.43. The molecule has 2 saturated heterocycles. The van der Waals surface area contributed by atoms with Crippen LogP contribution in [0.15, 0.2) is 44.5 Å². The van der Waals surface area contributed by atoms with E-state index in [-0.39, 0.29) is 18.0 Å². The summed E-state index contributed by atoms with van der Waals surface area (Å²) >= 11 is 14.0. The van der Waals surface area contributed by atoms with Gasteiger partial charge in [0.15, 0.2) is 0 Å². The minimum absolute atomic E-state index is 0.111. The highest BCUT2D eigenvalue weighted by Gasteiger charge is 2.33. The molecule has 0 aromatic heterocycles. The van der Waals surface area contributed by atoms with Crippen LogP contribution in [0.1, 0.15) is 76.8 Å². The third-order valence-corrected chi connectivity index (χ3v) is 9.82. The minimum atomic E-state index is -0.494. The van der Waals surface area contributed by atoms with Crippen molar-refractivity contribution in [3.8, 4) is 0 Å². The normalized spacial score (nSPS) is 22.0. The van der Waals surface area contributed by atoms with Gasteiger partial charge in [-0.3, -0.25) is 4.79 Å². The summed E-state index contributed by atoms with van der Waals surface area (Å²) < 4.78 is 7.63. The first-order valence-corrected chi connectivity index (χ1v) is 16.7. The lowest BCUT2D eigenvalue weighted by Crippen LogP contribution is -2.43. The van der Waals surface area contributed by atoms with Gasteiger partial charge < -0.3 is 19.9 Å². The van der Waals surface area contributed by atoms with E-state index in [0.29, 0.717) is 25.4 Å². The number of ether oxygens (including phenoxy) is 1. The SMILES string of the molecule is CC(C)(C)OC(=O)N1CCC(CC(=O)N2CCC(=C3c4c(Br)cc(Cl)cc4CCCC4=CC(Br)=CNC43)CC2)CC1. The second-order valence-corrected chi connectivity index (χ2v) is 14.8. The summed E-state index contributed by atoms with van der Waals surface area (Å²) in [4.78, 5) is 29.6. The van der Waals surface area contributed by atoms with Gasteiger partial charge in [0.2, 0.25) is 5.91 Å². The highest BCUT2D eigenvalue weighted by atomic mass is 79.9. The zero-order valence-corrected chi connectivity index (χ0v) is 28.1. The van der Waals surface area contributed by atoms with Crippen LogP contribution in [0, 0.1) is 5.92 Å². The number of hydrogen-bond acceptors (Lipinski definition) is 4. The maximum atomic E-state index is 13.4. The Labute approximate surface area is 265 Å². The van der Waals surface area contributed by atoms with Gasteiger partial charge in [0.25, 0.3) is 0 Å². The van der Waals surface area contributed by atoms with Gasteiger partial charge in [-0.1, -0.05) is 33.1 Å². The Morgan fingerprint density at radius 2 is 1.73 bits per heavy atom. The van der Waals surface area contributed by atoms with Gasteiger partial charge in [-0.25, -0.2) is 4.79 Å². The Morgan fingerprint density at radius 3 is 2.41 bits per heavy atom. The molecule has 6 nitrogen and oxygen atoms in total. The van der Waals surface area contributed by atoms with E-state index in [2.05, 4.69) is 49.3 Å². The zero-order valence-electron chi connectivity index (χ0n) is 24.2. The van der Waals surface area contributed by atoms with E-state index in [1.807, 2.05) is 37.9 Å². The monoisotopic (exact) mass is 707 g/mol. The summed E-state index contributed by atoms with van der Waals surface area (Å²) in [6.07, 6.45) is 11.1. The quantitative estimate of drug-likeness (QED) is 0.339. The molecule has 0 bridgehead atoms. The van der Waals surface area contributed by atoms with E-state index < -0.39 is 5.60 Å². The number of likely N-dealkylation sites (tertiary alicyclic amines) is 2. The summed E-state index contributed by atoms with van der Waals surface area (Å²) in [5.74, 6) is 0.544. The Hall–Kier alpha value is -1.77. The molecule has 1 atom stereocenters. The van der Waals surface area contributed by atoms with Crippen LogP contribution in [0.3, 0.4) is 0 Å². The average molecular weight is 710 g/mol. The largest absolute Gasteiger partial charge is 0.444 e. The van der Waals surface area contributed by atoms with Gasteiger partial charge in [0.1, 0.15) is 5.60 Å². The molecule has 2 amide bonds. The first kappa shape index (κ1) is 30.7. The van der Waals surface area contributed by atoms with Crippen molar-refractivity contribution in [2.45, 2.75) is 83.8 Å². The Balaban J connectivity index is 1.27. The molecule has 0 radical (unpaired) electrons. The number of allylic oxidation sites excluding steroid dienone is 2. The number of carbonyl (C=O) groups is 2. The number of rotatable bonds is 2. The van der Waals surface area contributed by atoms with Crippen LogP contribution in [0.25, 0.3) is 5.57 Å². The molecule has 1 unspecified atom stereocenters. The molecule has 0 spiro atoms. The highest BCUT2D eigenvalue weighted by molar-refractivity contribution is 9.12. The first-order valence-electron chi connectivity index (χ1n) is 14.8. The Morgan fingerprint density at radius 1 is 1.02 bits per heavy atom. The topological polar surface area (TPSA) is 61.9 Å². The molecule has 222 valence electrons. The van der Waals surface area contributed by atoms with E-state index in [4.69, 9.17) is 16.3 Å². The fourth-order valence-corrected chi connectivity index (χ4v) is 8.02. The number of dihydropyridines is 1.